The average Bonchev–Trinajstić information content (AvgIpc) is 2.72. The summed E-state index contributed by atoms with van der Waals surface area (Å²) in [7, 11) is -7.90. The first-order chi connectivity index (χ1) is 16.2. The summed E-state index contributed by atoms with van der Waals surface area (Å²) in [5.41, 5.74) is -0.449. The maximum Gasteiger partial charge on any atom is 0.408 e. The van der Waals surface area contributed by atoms with Gasteiger partial charge in [-0.25, -0.2) is 9.59 Å². The van der Waals surface area contributed by atoms with E-state index in [4.69, 9.17) is 22.8 Å². The summed E-state index contributed by atoms with van der Waals surface area (Å²) in [5.74, 6) is -1.30. The van der Waals surface area contributed by atoms with Gasteiger partial charge in [0.1, 0.15) is 11.6 Å². The molecular formula is C22H37NO10P2. The van der Waals surface area contributed by atoms with E-state index in [9.17, 15) is 23.8 Å². The number of hydrogen-bond acceptors (Lipinski definition) is 9. The molecule has 0 aromatic heterocycles. The van der Waals surface area contributed by atoms with Crippen molar-refractivity contribution in [2.75, 3.05) is 26.4 Å². The van der Waals surface area contributed by atoms with E-state index >= 15 is 0 Å². The third-order valence-corrected chi connectivity index (χ3v) is 8.76. The Kier molecular flexibility index (Phi) is 12.1. The first-order valence-electron chi connectivity index (χ1n) is 11.4. The van der Waals surface area contributed by atoms with Crippen LogP contribution in [0.25, 0.3) is 0 Å². The molecule has 1 atom stereocenters. The molecule has 0 fully saturated rings. The van der Waals surface area contributed by atoms with Gasteiger partial charge in [0, 0.05) is 6.42 Å². The van der Waals surface area contributed by atoms with Crippen molar-refractivity contribution in [2.45, 2.75) is 66.5 Å². The third-order valence-electron chi connectivity index (χ3n) is 4.26. The smallest absolute Gasteiger partial charge is 0.408 e. The monoisotopic (exact) mass is 537 g/mol. The van der Waals surface area contributed by atoms with E-state index in [0.29, 0.717) is 5.56 Å². The molecule has 11 nitrogen and oxygen atoms in total. The Balaban J connectivity index is 3.56. The molecule has 35 heavy (non-hydrogen) atoms. The molecule has 0 saturated heterocycles. The zero-order chi connectivity index (χ0) is 26.9. The van der Waals surface area contributed by atoms with Crippen LogP contribution in [0.1, 0.15) is 54.0 Å². The first-order valence-corrected chi connectivity index (χ1v) is 14.5. The van der Waals surface area contributed by atoms with Crippen molar-refractivity contribution in [1.82, 2.24) is 5.32 Å². The van der Waals surface area contributed by atoms with Gasteiger partial charge >= 0.3 is 27.3 Å². The minimum Gasteiger partial charge on any atom is -0.480 e. The van der Waals surface area contributed by atoms with Crippen molar-refractivity contribution in [3.05, 3.63) is 23.8 Å². The highest BCUT2D eigenvalue weighted by Crippen LogP contribution is 2.53. The molecule has 1 rings (SSSR count). The topological polar surface area (TPSA) is 147 Å². The van der Waals surface area contributed by atoms with E-state index in [2.05, 4.69) is 5.32 Å². The molecule has 0 aliphatic heterocycles. The minimum atomic E-state index is -3.99. The van der Waals surface area contributed by atoms with E-state index in [-0.39, 0.29) is 43.5 Å². The number of nitrogens with one attached hydrogen (secondary N) is 1. The zero-order valence-electron chi connectivity index (χ0n) is 21.4. The summed E-state index contributed by atoms with van der Waals surface area (Å²) in [6, 6.07) is 2.93. The summed E-state index contributed by atoms with van der Waals surface area (Å²) in [6.45, 7) is 11.7. The normalized spacial score (nSPS) is 13.3. The highest BCUT2D eigenvalue weighted by molar-refractivity contribution is 7.68. The highest BCUT2D eigenvalue weighted by Gasteiger charge is 2.39. The Morgan fingerprint density at radius 3 is 1.74 bits per heavy atom. The number of carbonyl (C=O) groups excluding carboxylic acids is 1. The predicted octanol–water partition coefficient (Wildman–Crippen LogP) is 3.99. The van der Waals surface area contributed by atoms with E-state index < -0.39 is 38.9 Å². The second kappa shape index (κ2) is 13.5. The largest absolute Gasteiger partial charge is 0.480 e. The van der Waals surface area contributed by atoms with Crippen LogP contribution in [0.5, 0.6) is 0 Å². The molecule has 0 spiro atoms. The van der Waals surface area contributed by atoms with Gasteiger partial charge in [0.05, 0.1) is 37.0 Å². The van der Waals surface area contributed by atoms with Crippen LogP contribution in [0, 0.1) is 0 Å². The van der Waals surface area contributed by atoms with E-state index in [1.54, 1.807) is 48.5 Å². The second-order valence-corrected chi connectivity index (χ2v) is 12.2. The summed E-state index contributed by atoms with van der Waals surface area (Å²) < 4.78 is 54.2. The molecule has 200 valence electrons. The highest BCUT2D eigenvalue weighted by atomic mass is 31.2. The van der Waals surface area contributed by atoms with Crippen LogP contribution in [0.2, 0.25) is 0 Å². The molecule has 0 bridgehead atoms. The fourth-order valence-corrected chi connectivity index (χ4v) is 7.15. The number of carboxylic acid groups (broad SMARTS) is 1. The summed E-state index contributed by atoms with van der Waals surface area (Å²) >= 11 is 0. The van der Waals surface area contributed by atoms with Crippen LogP contribution in [0.15, 0.2) is 18.2 Å². The lowest BCUT2D eigenvalue weighted by Gasteiger charge is -2.25. The quantitative estimate of drug-likeness (QED) is 0.334. The standard InChI is InChI=1S/C22H37NO10P2/c1-8-29-34(27,30-9-2)18-13-12-16(15-19(18)35(28,31-10-3)32-11-4)14-17(20(24)25)23-21(26)33-22(5,6)7/h12-13,15,17H,8-11,14H2,1-7H3,(H,23,26)(H,24,25). The zero-order valence-corrected chi connectivity index (χ0v) is 23.1. The van der Waals surface area contributed by atoms with Gasteiger partial charge in [-0.2, -0.15) is 0 Å². The Morgan fingerprint density at radius 1 is 0.886 bits per heavy atom. The van der Waals surface area contributed by atoms with Crippen LogP contribution in [0.3, 0.4) is 0 Å². The van der Waals surface area contributed by atoms with Crippen LogP contribution in [0.4, 0.5) is 4.79 Å². The molecule has 0 radical (unpaired) electrons. The van der Waals surface area contributed by atoms with Crippen LogP contribution in [-0.4, -0.2) is 55.2 Å². The molecule has 2 N–H and O–H groups in total. The Labute approximate surface area is 206 Å². The number of hydrogen-bond donors (Lipinski definition) is 2. The second-order valence-electron chi connectivity index (χ2n) is 8.23. The van der Waals surface area contributed by atoms with E-state index in [0.717, 1.165) is 0 Å². The maximum absolute atomic E-state index is 13.7. The van der Waals surface area contributed by atoms with Crippen molar-refractivity contribution in [2.24, 2.45) is 0 Å². The van der Waals surface area contributed by atoms with Crippen LogP contribution in [-0.2, 0) is 43.2 Å². The number of carboxylic acids is 1. The fraction of sp³-hybridized carbons (Fsp3) is 0.636. The fourth-order valence-electron chi connectivity index (χ4n) is 3.07. The average molecular weight is 537 g/mol. The molecule has 1 aromatic rings. The van der Waals surface area contributed by atoms with Crippen molar-refractivity contribution in [3.8, 4) is 0 Å². The lowest BCUT2D eigenvalue weighted by atomic mass is 10.1. The van der Waals surface area contributed by atoms with Crippen molar-refractivity contribution < 1.29 is 46.7 Å². The van der Waals surface area contributed by atoms with Gasteiger partial charge < -0.3 is 33.3 Å². The number of alkyl carbamates (subject to hydrolysis) is 1. The summed E-state index contributed by atoms with van der Waals surface area (Å²) in [4.78, 5) is 24.0. The number of ether oxygens (including phenoxy) is 1. The van der Waals surface area contributed by atoms with Gasteiger partial charge in [-0.3, -0.25) is 9.13 Å². The summed E-state index contributed by atoms with van der Waals surface area (Å²) in [6.07, 6.45) is -1.08. The minimum absolute atomic E-state index is 0.00200. The third kappa shape index (κ3) is 9.33. The van der Waals surface area contributed by atoms with Crippen molar-refractivity contribution in [3.63, 3.8) is 0 Å². The molecule has 13 heteroatoms. The maximum atomic E-state index is 13.7. The van der Waals surface area contributed by atoms with E-state index in [1.807, 2.05) is 0 Å². The SMILES string of the molecule is CCOP(=O)(OCC)c1ccc(CC(NC(=O)OC(C)(C)C)C(=O)O)cc1P(=O)(OCC)OCC. The van der Waals surface area contributed by atoms with Crippen molar-refractivity contribution in [1.29, 1.82) is 0 Å². The Hall–Kier alpha value is -1.74. The van der Waals surface area contributed by atoms with Crippen LogP contribution < -0.4 is 15.9 Å². The molecule has 0 aliphatic rings. The van der Waals surface area contributed by atoms with Gasteiger partial charge in [0.2, 0.25) is 0 Å². The predicted molar refractivity (Wildman–Crippen MR) is 132 cm³/mol. The molecular weight excluding hydrogens is 500 g/mol. The Bertz CT molecular complexity index is 940. The van der Waals surface area contributed by atoms with E-state index in [1.165, 1.54) is 18.2 Å². The van der Waals surface area contributed by atoms with Gasteiger partial charge in [0.15, 0.2) is 0 Å². The first kappa shape index (κ1) is 31.3. The molecule has 0 saturated carbocycles. The number of rotatable bonds is 14. The van der Waals surface area contributed by atoms with Gasteiger partial charge in [-0.15, -0.1) is 0 Å². The lowest BCUT2D eigenvalue weighted by Crippen LogP contribution is -2.44. The number of carbonyl (C=O) groups is 2. The summed E-state index contributed by atoms with van der Waals surface area (Å²) in [5, 5.41) is 11.9. The molecule has 1 amide bonds. The molecule has 0 heterocycles. The van der Waals surface area contributed by atoms with Gasteiger partial charge in [-0.05, 0) is 66.2 Å². The molecule has 0 aliphatic carbocycles. The molecule has 1 aromatic carbocycles. The van der Waals surface area contributed by atoms with Crippen LogP contribution >= 0.6 is 15.2 Å². The number of benzene rings is 1. The molecule has 1 unspecified atom stereocenters. The number of amides is 1. The van der Waals surface area contributed by atoms with Gasteiger partial charge in [-0.1, -0.05) is 6.07 Å². The Morgan fingerprint density at radius 2 is 1.34 bits per heavy atom. The number of aliphatic carboxylic acids is 1. The van der Waals surface area contributed by atoms with Gasteiger partial charge in [0.25, 0.3) is 0 Å². The lowest BCUT2D eigenvalue weighted by molar-refractivity contribution is -0.139. The van der Waals surface area contributed by atoms with Crippen molar-refractivity contribution >= 4 is 37.9 Å².